The summed E-state index contributed by atoms with van der Waals surface area (Å²) in [6.45, 7) is 2.18. The zero-order valence-electron chi connectivity index (χ0n) is 19.3. The van der Waals surface area contributed by atoms with Gasteiger partial charge >= 0.3 is 6.18 Å². The lowest BCUT2D eigenvalue weighted by molar-refractivity contribution is -0.337. The molecular formula is C24H25F3N6O2. The number of anilines is 1. The first-order valence-corrected chi connectivity index (χ1v) is 12.0. The Morgan fingerprint density at radius 2 is 1.97 bits per heavy atom. The number of morpholine rings is 1. The molecule has 5 heterocycles. The molecule has 0 unspecified atom stereocenters. The van der Waals surface area contributed by atoms with E-state index in [9.17, 15) is 18.0 Å². The fourth-order valence-electron chi connectivity index (χ4n) is 6.61. The van der Waals surface area contributed by atoms with Gasteiger partial charge in [0.15, 0.2) is 0 Å². The molecule has 8 nitrogen and oxygen atoms in total. The number of fused-ring (bicyclic) bond motifs is 2. The Kier molecular flexibility index (Phi) is 4.17. The number of halogens is 3. The Labute approximate surface area is 198 Å². The van der Waals surface area contributed by atoms with E-state index >= 15 is 0 Å². The molecule has 2 aliphatic heterocycles. The summed E-state index contributed by atoms with van der Waals surface area (Å²) in [5, 5.41) is 4.68. The SMILES string of the molecule is Cn1cc([C@H]2CN(c3cc4c(=O)n5c(nc4c(C46CC(C(F)(F)F)(C4)C6)n3)CCC5)CCO2)cn1. The molecule has 0 amide bonds. The Morgan fingerprint density at radius 1 is 1.17 bits per heavy atom. The van der Waals surface area contributed by atoms with Crippen LogP contribution in [-0.2, 0) is 30.2 Å². The average molecular weight is 486 g/mol. The molecule has 0 aromatic carbocycles. The Hall–Kier alpha value is -2.95. The van der Waals surface area contributed by atoms with E-state index in [1.54, 1.807) is 21.5 Å². The first-order chi connectivity index (χ1) is 16.7. The van der Waals surface area contributed by atoms with Gasteiger partial charge in [0.05, 0.1) is 29.3 Å². The number of rotatable bonds is 3. The molecule has 3 aromatic rings. The lowest BCUT2D eigenvalue weighted by Gasteiger charge is -2.70. The van der Waals surface area contributed by atoms with Crippen molar-refractivity contribution in [2.45, 2.75) is 56.3 Å². The fraction of sp³-hybridized carbons (Fsp3) is 0.583. The minimum atomic E-state index is -4.21. The van der Waals surface area contributed by atoms with Gasteiger partial charge in [0.1, 0.15) is 23.3 Å². The summed E-state index contributed by atoms with van der Waals surface area (Å²) in [7, 11) is 1.84. The zero-order valence-corrected chi connectivity index (χ0v) is 19.3. The first-order valence-electron chi connectivity index (χ1n) is 12.0. The number of nitrogens with zero attached hydrogens (tertiary/aromatic N) is 6. The van der Waals surface area contributed by atoms with Crippen molar-refractivity contribution >= 4 is 16.7 Å². The van der Waals surface area contributed by atoms with Gasteiger partial charge in [-0.25, -0.2) is 9.97 Å². The number of ether oxygens (including phenoxy) is 1. The van der Waals surface area contributed by atoms with Gasteiger partial charge in [0.2, 0.25) is 0 Å². The summed E-state index contributed by atoms with van der Waals surface area (Å²) < 4.78 is 50.3. The van der Waals surface area contributed by atoms with Gasteiger partial charge in [-0.1, -0.05) is 0 Å². The second-order valence-electron chi connectivity index (χ2n) is 10.7. The smallest absolute Gasteiger partial charge is 0.370 e. The topological polar surface area (TPSA) is 78.1 Å². The largest absolute Gasteiger partial charge is 0.394 e. The van der Waals surface area contributed by atoms with Crippen LogP contribution in [-0.4, -0.2) is 50.2 Å². The molecule has 35 heavy (non-hydrogen) atoms. The number of hydrogen-bond donors (Lipinski definition) is 0. The molecular weight excluding hydrogens is 461 g/mol. The van der Waals surface area contributed by atoms with Crippen LogP contribution in [0.25, 0.3) is 10.9 Å². The van der Waals surface area contributed by atoms with Crippen LogP contribution in [0.2, 0.25) is 0 Å². The quantitative estimate of drug-likeness (QED) is 0.567. The van der Waals surface area contributed by atoms with Crippen molar-refractivity contribution in [3.63, 3.8) is 0 Å². The molecule has 1 atom stereocenters. The standard InChI is InChI=1S/C24H25F3N6O2/c1-31-9-14(8-28-31)16-10-32(5-6-35-16)18-7-15-19(29-17-3-2-4-33(17)21(15)34)20(30-18)22-11-23(12-22,13-22)24(25,26)27/h7-9,16H,2-6,10-13H2,1H3/t16-,22?,23?/m1/s1. The Bertz CT molecular complexity index is 1410. The third-order valence-electron chi connectivity index (χ3n) is 8.41. The second-order valence-corrected chi connectivity index (χ2v) is 10.7. The van der Waals surface area contributed by atoms with E-state index in [0.29, 0.717) is 60.9 Å². The van der Waals surface area contributed by atoms with Crippen molar-refractivity contribution in [3.05, 3.63) is 45.9 Å². The van der Waals surface area contributed by atoms with Crippen LogP contribution in [0.5, 0.6) is 0 Å². The van der Waals surface area contributed by atoms with E-state index < -0.39 is 17.0 Å². The lowest BCUT2D eigenvalue weighted by Crippen LogP contribution is -2.70. The molecule has 11 heteroatoms. The highest BCUT2D eigenvalue weighted by molar-refractivity contribution is 5.84. The molecule has 3 aliphatic carbocycles. The van der Waals surface area contributed by atoms with Crippen LogP contribution in [0, 0.1) is 5.41 Å². The second kappa shape index (κ2) is 6.83. The van der Waals surface area contributed by atoms with Crippen molar-refractivity contribution < 1.29 is 17.9 Å². The molecule has 184 valence electrons. The normalized spacial score (nSPS) is 29.7. The zero-order chi connectivity index (χ0) is 24.2. The summed E-state index contributed by atoms with van der Waals surface area (Å²) in [5.41, 5.74) is -0.388. The summed E-state index contributed by atoms with van der Waals surface area (Å²) in [6.07, 6.45) is 0.869. The maximum atomic E-state index is 13.6. The van der Waals surface area contributed by atoms with Gasteiger partial charge in [-0.3, -0.25) is 14.0 Å². The molecule has 0 spiro atoms. The Morgan fingerprint density at radius 3 is 2.69 bits per heavy atom. The van der Waals surface area contributed by atoms with Crippen LogP contribution in [0.3, 0.4) is 0 Å². The van der Waals surface area contributed by atoms with Crippen molar-refractivity contribution in [3.8, 4) is 0 Å². The minimum absolute atomic E-state index is 0.0244. The molecule has 5 aliphatic rings. The third kappa shape index (κ3) is 2.90. The predicted octanol–water partition coefficient (Wildman–Crippen LogP) is 3.03. The highest BCUT2D eigenvalue weighted by atomic mass is 19.4. The monoisotopic (exact) mass is 486 g/mol. The number of hydrogen-bond acceptors (Lipinski definition) is 6. The molecule has 1 saturated heterocycles. The fourth-order valence-corrected chi connectivity index (χ4v) is 6.61. The van der Waals surface area contributed by atoms with Crippen molar-refractivity contribution in [2.75, 3.05) is 24.6 Å². The predicted molar refractivity (Wildman–Crippen MR) is 120 cm³/mol. The molecule has 8 rings (SSSR count). The van der Waals surface area contributed by atoms with Crippen molar-refractivity contribution in [1.82, 2.24) is 24.3 Å². The highest BCUT2D eigenvalue weighted by Gasteiger charge is 2.79. The van der Waals surface area contributed by atoms with E-state index in [1.807, 2.05) is 13.2 Å². The van der Waals surface area contributed by atoms with Crippen LogP contribution in [0.1, 0.15) is 48.9 Å². The molecule has 3 aromatic heterocycles. The summed E-state index contributed by atoms with van der Waals surface area (Å²) in [5.74, 6) is 1.31. The maximum Gasteiger partial charge on any atom is 0.394 e. The molecule has 3 saturated carbocycles. The summed E-state index contributed by atoms with van der Waals surface area (Å²) in [4.78, 5) is 25.2. The van der Waals surface area contributed by atoms with Gasteiger partial charge in [0, 0.05) is 50.3 Å². The average Bonchev–Trinajstić information content (AvgIpc) is 3.40. The van der Waals surface area contributed by atoms with Gasteiger partial charge in [-0.2, -0.15) is 18.3 Å². The molecule has 2 bridgehead atoms. The number of pyridine rings is 1. The highest BCUT2D eigenvalue weighted by Crippen LogP contribution is 2.78. The van der Waals surface area contributed by atoms with E-state index in [1.165, 1.54) is 0 Å². The summed E-state index contributed by atoms with van der Waals surface area (Å²) >= 11 is 0. The van der Waals surface area contributed by atoms with Gasteiger partial charge < -0.3 is 9.64 Å². The molecule has 0 N–H and O–H groups in total. The van der Waals surface area contributed by atoms with Crippen LogP contribution in [0.15, 0.2) is 23.3 Å². The van der Waals surface area contributed by atoms with Gasteiger partial charge in [-0.15, -0.1) is 0 Å². The minimum Gasteiger partial charge on any atom is -0.370 e. The van der Waals surface area contributed by atoms with Crippen molar-refractivity contribution in [2.24, 2.45) is 12.5 Å². The van der Waals surface area contributed by atoms with Gasteiger partial charge in [0.25, 0.3) is 5.56 Å². The molecule has 4 fully saturated rings. The third-order valence-corrected chi connectivity index (χ3v) is 8.41. The van der Waals surface area contributed by atoms with Crippen LogP contribution in [0.4, 0.5) is 19.0 Å². The maximum absolute atomic E-state index is 13.6. The van der Waals surface area contributed by atoms with E-state index in [0.717, 1.165) is 12.0 Å². The van der Waals surface area contributed by atoms with E-state index in [4.69, 9.17) is 14.7 Å². The van der Waals surface area contributed by atoms with Crippen molar-refractivity contribution in [1.29, 1.82) is 0 Å². The number of aryl methyl sites for hydroxylation is 2. The van der Waals surface area contributed by atoms with Gasteiger partial charge in [-0.05, 0) is 31.7 Å². The van der Waals surface area contributed by atoms with E-state index in [2.05, 4.69) is 10.00 Å². The van der Waals surface area contributed by atoms with E-state index in [-0.39, 0.29) is 30.9 Å². The molecule has 0 radical (unpaired) electrons. The Balaban J connectivity index is 1.33. The van der Waals surface area contributed by atoms with Crippen LogP contribution < -0.4 is 10.5 Å². The first kappa shape index (κ1) is 21.3. The lowest BCUT2D eigenvalue weighted by atomic mass is 9.34. The summed E-state index contributed by atoms with van der Waals surface area (Å²) in [6, 6.07) is 1.77. The van der Waals surface area contributed by atoms with Crippen LogP contribution >= 0.6 is 0 Å². The number of aromatic nitrogens is 5. The number of alkyl halides is 3.